The van der Waals surface area contributed by atoms with Crippen LogP contribution >= 0.6 is 0 Å². The van der Waals surface area contributed by atoms with E-state index in [0.717, 1.165) is 6.07 Å². The molecule has 1 amide bonds. The van der Waals surface area contributed by atoms with Gasteiger partial charge in [-0.15, -0.1) is 0 Å². The normalized spacial score (nSPS) is 12.0. The molecule has 7 nitrogen and oxygen atoms in total. The molecule has 0 saturated heterocycles. The van der Waals surface area contributed by atoms with Gasteiger partial charge in [0.15, 0.2) is 0 Å². The van der Waals surface area contributed by atoms with Crippen LogP contribution in [-0.2, 0) is 11.2 Å². The maximum absolute atomic E-state index is 15.0. The van der Waals surface area contributed by atoms with Crippen molar-refractivity contribution in [2.24, 2.45) is 10.7 Å². The Hall–Kier alpha value is -4.14. The Labute approximate surface area is 183 Å². The maximum atomic E-state index is 15.0. The van der Waals surface area contributed by atoms with Gasteiger partial charge >= 0.3 is 0 Å². The van der Waals surface area contributed by atoms with Gasteiger partial charge in [-0.1, -0.05) is 18.2 Å². The van der Waals surface area contributed by atoms with Crippen molar-refractivity contribution in [1.29, 1.82) is 0 Å². The molecule has 2 heterocycles. The van der Waals surface area contributed by atoms with Crippen LogP contribution in [0.15, 0.2) is 59.7 Å². The molecule has 164 valence electrons. The van der Waals surface area contributed by atoms with Crippen molar-refractivity contribution in [1.82, 2.24) is 9.97 Å². The van der Waals surface area contributed by atoms with Crippen molar-refractivity contribution in [3.63, 3.8) is 0 Å². The summed E-state index contributed by atoms with van der Waals surface area (Å²) in [6.45, 7) is 1.71. The molecule has 3 rings (SSSR count). The van der Waals surface area contributed by atoms with Crippen LogP contribution in [0.5, 0.6) is 5.75 Å². The van der Waals surface area contributed by atoms with E-state index in [1.807, 2.05) is 0 Å². The summed E-state index contributed by atoms with van der Waals surface area (Å²) >= 11 is 0. The zero-order valence-electron chi connectivity index (χ0n) is 17.5. The highest BCUT2D eigenvalue weighted by atomic mass is 19.1. The molecule has 1 aromatic carbocycles. The first-order chi connectivity index (χ1) is 15.3. The average Bonchev–Trinajstić information content (AvgIpc) is 2.78. The number of pyridine rings is 2. The molecule has 3 aromatic rings. The Kier molecular flexibility index (Phi) is 6.89. The molecule has 0 spiro atoms. The number of nitrogens with two attached hydrogens (primary N) is 2. The molecule has 4 N–H and O–H groups in total. The van der Waals surface area contributed by atoms with Gasteiger partial charge in [0.05, 0.1) is 24.8 Å². The van der Waals surface area contributed by atoms with Gasteiger partial charge in [-0.25, -0.2) is 13.8 Å². The Morgan fingerprint density at radius 1 is 1.19 bits per heavy atom. The molecule has 0 aliphatic carbocycles. The van der Waals surface area contributed by atoms with E-state index in [4.69, 9.17) is 16.2 Å². The van der Waals surface area contributed by atoms with Crippen LogP contribution < -0.4 is 16.2 Å². The Morgan fingerprint density at radius 2 is 1.91 bits per heavy atom. The second-order valence-corrected chi connectivity index (χ2v) is 6.73. The minimum Gasteiger partial charge on any atom is -0.497 e. The van der Waals surface area contributed by atoms with Gasteiger partial charge in [0.25, 0.3) is 5.91 Å². The minimum atomic E-state index is -0.712. The number of nitrogen functional groups attached to an aromatic ring is 1. The molecule has 0 atom stereocenters. The van der Waals surface area contributed by atoms with Crippen molar-refractivity contribution in [2.75, 3.05) is 12.8 Å². The number of nitrogens with zero attached hydrogens (tertiary/aromatic N) is 3. The number of aliphatic imine (C=N–C) groups is 1. The molecule has 32 heavy (non-hydrogen) atoms. The molecule has 0 saturated carbocycles. The summed E-state index contributed by atoms with van der Waals surface area (Å²) in [6, 6.07) is 9.79. The summed E-state index contributed by atoms with van der Waals surface area (Å²) < 4.78 is 33.2. The first-order valence-corrected chi connectivity index (χ1v) is 9.57. The molecule has 0 aliphatic rings. The first-order valence-electron chi connectivity index (χ1n) is 9.57. The van der Waals surface area contributed by atoms with Crippen molar-refractivity contribution >= 4 is 23.1 Å². The van der Waals surface area contributed by atoms with Crippen LogP contribution in [0, 0.1) is 11.6 Å². The fraction of sp³-hybridized carbons (Fsp3) is 0.130. The molecule has 2 aromatic heterocycles. The van der Waals surface area contributed by atoms with Gasteiger partial charge in [-0.05, 0) is 36.8 Å². The quantitative estimate of drug-likeness (QED) is 0.452. The molecule has 0 aliphatic heterocycles. The van der Waals surface area contributed by atoms with Crippen molar-refractivity contribution < 1.29 is 18.3 Å². The van der Waals surface area contributed by atoms with Crippen LogP contribution in [0.3, 0.4) is 0 Å². The predicted octanol–water partition coefficient (Wildman–Crippen LogP) is 3.27. The lowest BCUT2D eigenvalue weighted by Gasteiger charge is -2.12. The van der Waals surface area contributed by atoms with Crippen LogP contribution in [0.4, 0.5) is 14.6 Å². The third-order valence-electron chi connectivity index (χ3n) is 4.58. The number of carbonyl (C=O) groups is 1. The number of aromatic nitrogens is 2. The molecule has 0 fully saturated rings. The zero-order chi connectivity index (χ0) is 23.3. The van der Waals surface area contributed by atoms with E-state index >= 15 is 0 Å². The second kappa shape index (κ2) is 9.78. The predicted molar refractivity (Wildman–Crippen MR) is 118 cm³/mol. The number of rotatable bonds is 6. The molecular weight excluding hydrogens is 416 g/mol. The maximum Gasteiger partial charge on any atom is 0.252 e. The van der Waals surface area contributed by atoms with Gasteiger partial charge in [0.2, 0.25) is 0 Å². The smallest absolute Gasteiger partial charge is 0.252 e. The third-order valence-corrected chi connectivity index (χ3v) is 4.58. The van der Waals surface area contributed by atoms with Crippen LogP contribution in [0.2, 0.25) is 0 Å². The van der Waals surface area contributed by atoms with E-state index in [1.165, 1.54) is 37.6 Å². The number of hydrogen-bond donors (Lipinski definition) is 2. The molecule has 0 bridgehead atoms. The molecule has 9 heteroatoms. The van der Waals surface area contributed by atoms with Gasteiger partial charge in [0, 0.05) is 17.8 Å². The van der Waals surface area contributed by atoms with Gasteiger partial charge < -0.3 is 16.2 Å². The Bertz CT molecular complexity index is 1210. The highest BCUT2D eigenvalue weighted by Gasteiger charge is 2.18. The lowest BCUT2D eigenvalue weighted by atomic mass is 10.0. The summed E-state index contributed by atoms with van der Waals surface area (Å²) in [5, 5.41) is 0. The molecular formula is C23H21F2N5O2. The second-order valence-electron chi connectivity index (χ2n) is 6.73. The highest BCUT2D eigenvalue weighted by Crippen LogP contribution is 2.27. The lowest BCUT2D eigenvalue weighted by Crippen LogP contribution is -2.20. The largest absolute Gasteiger partial charge is 0.497 e. The van der Waals surface area contributed by atoms with E-state index in [9.17, 15) is 13.6 Å². The zero-order valence-corrected chi connectivity index (χ0v) is 17.5. The molecule has 0 radical (unpaired) electrons. The average molecular weight is 437 g/mol. The van der Waals surface area contributed by atoms with E-state index in [-0.39, 0.29) is 29.3 Å². The van der Waals surface area contributed by atoms with Gasteiger partial charge in [-0.3, -0.25) is 9.78 Å². The van der Waals surface area contributed by atoms with Gasteiger partial charge in [0.1, 0.15) is 34.7 Å². The Morgan fingerprint density at radius 3 is 2.56 bits per heavy atom. The fourth-order valence-corrected chi connectivity index (χ4v) is 3.00. The third kappa shape index (κ3) is 5.12. The summed E-state index contributed by atoms with van der Waals surface area (Å²) in [7, 11) is 1.51. The number of halogens is 2. The van der Waals surface area contributed by atoms with Crippen molar-refractivity contribution in [2.45, 2.75) is 13.3 Å². The highest BCUT2D eigenvalue weighted by molar-refractivity contribution is 6.07. The van der Waals surface area contributed by atoms with E-state index in [1.54, 1.807) is 25.1 Å². The van der Waals surface area contributed by atoms with E-state index < -0.39 is 17.5 Å². The fourth-order valence-electron chi connectivity index (χ4n) is 3.00. The molecule has 0 unspecified atom stereocenters. The number of benzene rings is 1. The van der Waals surface area contributed by atoms with Crippen LogP contribution in [0.1, 0.15) is 29.4 Å². The standard InChI is InChI=1S/C23H21F2N5O2/c1-3-16(19-11-15(32-2)8-9-28-19)21-18(25)12-17(23(27)30-21)22(26)29-20(31)10-13-4-6-14(24)7-5-13/h3-9,11-12H,10H2,1-2H3,(H2,27,30)(H2,26,29,31)/b16-3+. The summed E-state index contributed by atoms with van der Waals surface area (Å²) in [5.74, 6) is -1.53. The number of ether oxygens (including phenoxy) is 1. The number of hydrogen-bond acceptors (Lipinski definition) is 5. The number of methoxy groups -OCH3 is 1. The number of amides is 1. The SMILES string of the molecule is C/C=C(\c1cc(OC)ccn1)c1nc(N)c(C(N)=NC(=O)Cc2ccc(F)cc2)cc1F. The van der Waals surface area contributed by atoms with E-state index in [0.29, 0.717) is 22.6 Å². The van der Waals surface area contributed by atoms with Crippen LogP contribution in [-0.4, -0.2) is 28.8 Å². The lowest BCUT2D eigenvalue weighted by molar-refractivity contribution is -0.117. The number of allylic oxidation sites excluding steroid dienone is 1. The summed E-state index contributed by atoms with van der Waals surface area (Å²) in [6.07, 6.45) is 3.08. The van der Waals surface area contributed by atoms with E-state index in [2.05, 4.69) is 15.0 Å². The van der Waals surface area contributed by atoms with Gasteiger partial charge in [-0.2, -0.15) is 4.99 Å². The Balaban J connectivity index is 1.89. The van der Waals surface area contributed by atoms with Crippen molar-refractivity contribution in [3.05, 3.63) is 88.9 Å². The topological polar surface area (TPSA) is 116 Å². The monoisotopic (exact) mass is 437 g/mol. The number of anilines is 1. The number of carbonyl (C=O) groups excluding carboxylic acids is 1. The van der Waals surface area contributed by atoms with Crippen molar-refractivity contribution in [3.8, 4) is 5.75 Å². The first kappa shape index (κ1) is 22.5. The summed E-state index contributed by atoms with van der Waals surface area (Å²) in [4.78, 5) is 24.3. The number of amidine groups is 1. The minimum absolute atomic E-state index is 0.00670. The summed E-state index contributed by atoms with van der Waals surface area (Å²) in [5.41, 5.74) is 13.3. The van der Waals surface area contributed by atoms with Crippen LogP contribution in [0.25, 0.3) is 5.57 Å².